The molecule has 0 radical (unpaired) electrons. The van der Waals surface area contributed by atoms with E-state index in [4.69, 9.17) is 0 Å². The number of carbonyl (C=O) groups is 1. The molecule has 0 aromatic heterocycles. The van der Waals surface area contributed by atoms with Gasteiger partial charge >= 0.3 is 34.4 Å². The van der Waals surface area contributed by atoms with E-state index in [1.54, 1.807) is 18.7 Å². The third-order valence-corrected chi connectivity index (χ3v) is 3.70. The predicted octanol–water partition coefficient (Wildman–Crippen LogP) is 2.14. The fraction of sp³-hybridized carbons (Fsp3) is 0.0714. The second-order valence-corrected chi connectivity index (χ2v) is 9.72. The second kappa shape index (κ2) is 9.06. The molecule has 0 spiro atoms. The van der Waals surface area contributed by atoms with Crippen molar-refractivity contribution in [2.75, 3.05) is 0 Å². The number of benzene rings is 2. The standard InChI is InChI=1S/C14H12OS2.6FH.Sb/c1-10(15)11-2-6-13(7-3-11)17-14-8-4-12(16)5-9-14;;;;;;;/h2-9,16H,1H3;6*1H;/q;;;;;;;+5/p-5. The van der Waals surface area contributed by atoms with Crippen molar-refractivity contribution in [3.05, 3.63) is 54.1 Å². The summed E-state index contributed by atoms with van der Waals surface area (Å²) in [6, 6.07) is 15.8. The van der Waals surface area contributed by atoms with Gasteiger partial charge in [0, 0.05) is 15.4 Å². The normalized spacial score (nSPS) is 12.0. The molecular formula is C14H13F6OS2Sb. The Morgan fingerprint density at radius 3 is 1.54 bits per heavy atom. The van der Waals surface area contributed by atoms with Crippen LogP contribution in [0.15, 0.2) is 63.2 Å². The van der Waals surface area contributed by atoms with Crippen LogP contribution >= 0.6 is 11.8 Å². The molecule has 134 valence electrons. The second-order valence-electron chi connectivity index (χ2n) is 4.35. The molecule has 2 aromatic carbocycles. The van der Waals surface area contributed by atoms with E-state index in [0.717, 1.165) is 15.4 Å². The van der Waals surface area contributed by atoms with E-state index in [1.807, 2.05) is 36.4 Å². The first-order chi connectivity index (χ1) is 10.4. The number of Topliss-reactive ketones (excluding diaryl/α,β-unsaturated/α-hetero) is 1. The summed E-state index contributed by atoms with van der Waals surface area (Å²) >= 11 is -4.05. The van der Waals surface area contributed by atoms with Crippen LogP contribution in [0.4, 0.5) is 14.1 Å². The van der Waals surface area contributed by atoms with Gasteiger partial charge in [-0.1, -0.05) is 23.9 Å². The Kier molecular flexibility index (Phi) is 8.76. The van der Waals surface area contributed by atoms with E-state index in [1.165, 1.54) is 4.90 Å². The third-order valence-electron chi connectivity index (χ3n) is 2.35. The topological polar surface area (TPSA) is 17.1 Å². The number of ketones is 1. The van der Waals surface area contributed by atoms with Crippen molar-refractivity contribution in [3.63, 3.8) is 0 Å². The van der Waals surface area contributed by atoms with Crippen LogP contribution in [0, 0.1) is 0 Å². The Morgan fingerprint density at radius 2 is 1.21 bits per heavy atom. The van der Waals surface area contributed by atoms with E-state index in [0.29, 0.717) is 0 Å². The molecule has 0 aliphatic rings. The average Bonchev–Trinajstić information content (AvgIpc) is 2.39. The summed E-state index contributed by atoms with van der Waals surface area (Å²) in [6.45, 7) is 1.58. The Labute approximate surface area is 149 Å². The van der Waals surface area contributed by atoms with Crippen LogP contribution in [0.1, 0.15) is 17.3 Å². The van der Waals surface area contributed by atoms with E-state index in [-0.39, 0.29) is 10.5 Å². The maximum absolute atomic E-state index is 11.1. The van der Waals surface area contributed by atoms with Gasteiger partial charge in [-0.2, -0.15) is 0 Å². The predicted molar refractivity (Wildman–Crippen MR) is 86.7 cm³/mol. The minimum atomic E-state index is -9.19. The van der Waals surface area contributed by atoms with E-state index >= 15 is 0 Å². The molecule has 0 fully saturated rings. The molecule has 10 heteroatoms. The van der Waals surface area contributed by atoms with Crippen LogP contribution in [-0.4, -0.2) is 26.1 Å². The summed E-state index contributed by atoms with van der Waals surface area (Å²) in [7, 11) is 0. The molecule has 1 nitrogen and oxygen atoms in total. The zero-order valence-corrected chi connectivity index (χ0v) is 16.5. The molecule has 0 aliphatic heterocycles. The van der Waals surface area contributed by atoms with Gasteiger partial charge in [-0.3, -0.25) is 4.79 Å². The van der Waals surface area contributed by atoms with E-state index < -0.39 is 20.3 Å². The van der Waals surface area contributed by atoms with Crippen LogP contribution in [-0.2, 0) is 12.6 Å². The Morgan fingerprint density at radius 1 is 0.875 bits per heavy atom. The first-order valence-electron chi connectivity index (χ1n) is 6.10. The average molecular weight is 497 g/mol. The van der Waals surface area contributed by atoms with E-state index in [9.17, 15) is 18.9 Å². The molecular weight excluding hydrogens is 484 g/mol. The Balaban J connectivity index is 0.000000655. The molecule has 2 rings (SSSR count). The fourth-order valence-electron chi connectivity index (χ4n) is 1.42. The van der Waals surface area contributed by atoms with Crippen LogP contribution in [0.2, 0.25) is 0 Å². The van der Waals surface area contributed by atoms with Gasteiger partial charge in [-0.15, -0.1) is 0 Å². The summed E-state index contributed by atoms with van der Waals surface area (Å²) < 4.78 is 49.6. The van der Waals surface area contributed by atoms with Gasteiger partial charge < -0.3 is 4.70 Å². The molecule has 0 bridgehead atoms. The molecule has 0 heterocycles. The van der Waals surface area contributed by atoms with E-state index in [2.05, 4.69) is 24.8 Å². The fourth-order valence-corrected chi connectivity index (χ4v) is 2.40. The summed E-state index contributed by atoms with van der Waals surface area (Å²) in [6.07, 6.45) is 0. The van der Waals surface area contributed by atoms with Gasteiger partial charge in [0.2, 0.25) is 0 Å². The first kappa shape index (κ1) is 23.2. The Hall–Kier alpha value is -0.792. The number of rotatable bonds is 3. The van der Waals surface area contributed by atoms with Gasteiger partial charge in [0.15, 0.2) is 5.78 Å². The molecule has 24 heavy (non-hydrogen) atoms. The van der Waals surface area contributed by atoms with Crippen LogP contribution < -0.4 is 4.70 Å². The monoisotopic (exact) mass is 496 g/mol. The third kappa shape index (κ3) is 11.7. The summed E-state index contributed by atoms with van der Waals surface area (Å²) in [5.41, 5.74) is 0.754. The molecule has 0 aliphatic carbocycles. The molecule has 0 amide bonds. The Bertz CT molecular complexity index is 651. The van der Waals surface area contributed by atoms with Gasteiger partial charge in [-0.05, 0) is 56.0 Å². The van der Waals surface area contributed by atoms with Crippen molar-refractivity contribution in [1.82, 2.24) is 0 Å². The molecule has 0 N–H and O–H groups in total. The minimum absolute atomic E-state index is 0. The molecule has 0 saturated heterocycles. The van der Waals surface area contributed by atoms with Crippen LogP contribution in [0.3, 0.4) is 0 Å². The van der Waals surface area contributed by atoms with Crippen molar-refractivity contribution in [2.45, 2.75) is 21.6 Å². The summed E-state index contributed by atoms with van der Waals surface area (Å²) in [4.78, 5) is 14.5. The first-order valence-corrected chi connectivity index (χ1v) is 12.2. The van der Waals surface area contributed by atoms with Crippen LogP contribution in [0.25, 0.3) is 0 Å². The van der Waals surface area contributed by atoms with Gasteiger partial charge in [-0.25, -0.2) is 0 Å². The number of hydrogen-bond acceptors (Lipinski definition) is 2. The SMILES string of the molecule is CC(=O)c1ccc(Sc2ccc([SH2+])cc2)cc1.[F-].[F][Sb]([F])([F])([F])[F]. The maximum atomic E-state index is 11.1. The van der Waals surface area contributed by atoms with Gasteiger partial charge in [0.1, 0.15) is 4.90 Å². The molecule has 2 aromatic rings. The van der Waals surface area contributed by atoms with Crippen molar-refractivity contribution in [2.24, 2.45) is 0 Å². The van der Waals surface area contributed by atoms with Crippen molar-refractivity contribution < 1.29 is 23.6 Å². The zero-order valence-electron chi connectivity index (χ0n) is 12.2. The molecule has 0 atom stereocenters. The zero-order chi connectivity index (χ0) is 17.7. The van der Waals surface area contributed by atoms with Crippen LogP contribution in [0.5, 0.6) is 0 Å². The number of halogens is 6. The summed E-state index contributed by atoms with van der Waals surface area (Å²) in [5.74, 6) is 0.102. The molecule has 0 saturated carbocycles. The van der Waals surface area contributed by atoms with Crippen molar-refractivity contribution in [3.8, 4) is 0 Å². The number of carbonyl (C=O) groups excluding carboxylic acids is 1. The van der Waals surface area contributed by atoms with Crippen molar-refractivity contribution in [1.29, 1.82) is 0 Å². The summed E-state index contributed by atoms with van der Waals surface area (Å²) in [5, 5.41) is 0. The number of hydrogen-bond donors (Lipinski definition) is 0. The van der Waals surface area contributed by atoms with Crippen molar-refractivity contribution >= 4 is 50.5 Å². The van der Waals surface area contributed by atoms with Gasteiger partial charge in [0.25, 0.3) is 0 Å². The quantitative estimate of drug-likeness (QED) is 0.280. The molecule has 0 unspecified atom stereocenters. The van der Waals surface area contributed by atoms with Gasteiger partial charge in [0.05, 0.1) is 0 Å².